The summed E-state index contributed by atoms with van der Waals surface area (Å²) in [6, 6.07) is 0.387. The third-order valence-corrected chi connectivity index (χ3v) is 2.49. The van der Waals surface area contributed by atoms with Gasteiger partial charge in [0.15, 0.2) is 5.96 Å². The van der Waals surface area contributed by atoms with Gasteiger partial charge in [0.05, 0.1) is 6.04 Å². The molecule has 1 saturated heterocycles. The van der Waals surface area contributed by atoms with Crippen LogP contribution >= 0.6 is 24.8 Å². The summed E-state index contributed by atoms with van der Waals surface area (Å²) in [5.74, 6) is 0.592. The molecule has 0 aromatic carbocycles. The molecule has 1 aliphatic heterocycles. The van der Waals surface area contributed by atoms with Crippen molar-refractivity contribution in [2.75, 3.05) is 20.6 Å². The predicted molar refractivity (Wildman–Crippen MR) is 72.9 cm³/mol. The summed E-state index contributed by atoms with van der Waals surface area (Å²) in [5.41, 5.74) is 5.80. The number of hydrogen-bond acceptors (Lipinski definition) is 2. The molecule has 1 heterocycles. The van der Waals surface area contributed by atoms with Gasteiger partial charge < -0.3 is 21.0 Å². The summed E-state index contributed by atoms with van der Waals surface area (Å²) in [6.07, 6.45) is 0.927. The van der Waals surface area contributed by atoms with E-state index in [1.165, 1.54) is 0 Å². The van der Waals surface area contributed by atoms with Crippen molar-refractivity contribution >= 4 is 30.8 Å². The number of hydrogen-bond donors (Lipinski definition) is 2. The van der Waals surface area contributed by atoms with E-state index in [0.717, 1.165) is 13.0 Å². The maximum absolute atomic E-state index is 7.71. The van der Waals surface area contributed by atoms with Crippen LogP contribution in [0.3, 0.4) is 0 Å². The van der Waals surface area contributed by atoms with Gasteiger partial charge in [-0.15, -0.1) is 24.8 Å². The minimum Gasteiger partial charge on any atom is -0.412 e. The van der Waals surface area contributed by atoms with Gasteiger partial charge in [-0.05, 0) is 20.3 Å². The van der Waals surface area contributed by atoms with Gasteiger partial charge in [0.25, 0.3) is 0 Å². The first kappa shape index (κ1) is 21.1. The summed E-state index contributed by atoms with van der Waals surface area (Å²) in [4.78, 5) is 3.95. The van der Waals surface area contributed by atoms with Gasteiger partial charge in [-0.25, -0.2) is 0 Å². The number of nitrogens with zero attached hydrogens (tertiary/aromatic N) is 2. The number of nitrogens with two attached hydrogens (primary N) is 1. The highest BCUT2D eigenvalue weighted by Gasteiger charge is 2.32. The number of rotatable bonds is 2. The van der Waals surface area contributed by atoms with Crippen LogP contribution in [0.15, 0.2) is 0 Å². The number of nitrogens with one attached hydrogen (secondary N) is 1. The van der Waals surface area contributed by atoms with E-state index in [9.17, 15) is 0 Å². The van der Waals surface area contributed by atoms with Gasteiger partial charge in [0.2, 0.25) is 0 Å². The van der Waals surface area contributed by atoms with E-state index in [1.807, 2.05) is 37.7 Å². The van der Waals surface area contributed by atoms with Gasteiger partial charge >= 0.3 is 0 Å². The molecule has 1 atom stereocenters. The highest BCUT2D eigenvalue weighted by Crippen LogP contribution is 2.19. The van der Waals surface area contributed by atoms with E-state index < -0.39 is 0 Å². The number of likely N-dealkylation sites (N-methyl/N-ethyl adjacent to an activating group) is 2. The predicted octanol–water partition coefficient (Wildman–Crippen LogP) is 0.313. The van der Waals surface area contributed by atoms with Crippen LogP contribution in [0.2, 0.25) is 0 Å². The molecule has 1 fully saturated rings. The van der Waals surface area contributed by atoms with Crippen molar-refractivity contribution in [3.63, 3.8) is 0 Å². The molecular formula is C9H24Cl2N4O. The fourth-order valence-corrected chi connectivity index (χ4v) is 1.78. The highest BCUT2D eigenvalue weighted by atomic mass is 35.5. The Morgan fingerprint density at radius 2 is 1.81 bits per heavy atom. The Hall–Kier alpha value is -0.230. The fourth-order valence-electron chi connectivity index (χ4n) is 1.78. The standard InChI is InChI=1S/C9H20N4.2ClH.H2O/c1-9(2,11)5-7-6-12(3)8(10)13(7)4;;;/h7,10H,5-6,11H2,1-4H3;2*1H;1H2. The normalized spacial score (nSPS) is 19.8. The van der Waals surface area contributed by atoms with E-state index in [4.69, 9.17) is 11.1 Å². The molecule has 1 aliphatic rings. The van der Waals surface area contributed by atoms with Crippen molar-refractivity contribution in [2.45, 2.75) is 31.8 Å². The molecule has 0 spiro atoms. The molecule has 0 aliphatic carbocycles. The molecule has 7 heteroatoms. The topological polar surface area (TPSA) is 87.8 Å². The lowest BCUT2D eigenvalue weighted by Crippen LogP contribution is -2.41. The SMILES string of the molecule is CN1CC(CC(C)(C)N)N(C)C1=N.Cl.Cl.O. The van der Waals surface area contributed by atoms with Crippen LogP contribution < -0.4 is 5.73 Å². The van der Waals surface area contributed by atoms with E-state index >= 15 is 0 Å². The van der Waals surface area contributed by atoms with Crippen molar-refractivity contribution in [3.8, 4) is 0 Å². The van der Waals surface area contributed by atoms with Crippen LogP contribution in [0.4, 0.5) is 0 Å². The number of halogens is 2. The van der Waals surface area contributed by atoms with Gasteiger partial charge in [-0.2, -0.15) is 0 Å². The fraction of sp³-hybridized carbons (Fsp3) is 0.889. The minimum atomic E-state index is -0.148. The minimum absolute atomic E-state index is 0. The molecule has 0 saturated carbocycles. The van der Waals surface area contributed by atoms with E-state index in [1.54, 1.807) is 0 Å². The summed E-state index contributed by atoms with van der Waals surface area (Å²) in [6.45, 7) is 4.97. The molecule has 5 N–H and O–H groups in total. The van der Waals surface area contributed by atoms with Crippen molar-refractivity contribution in [1.82, 2.24) is 9.80 Å². The van der Waals surface area contributed by atoms with Crippen molar-refractivity contribution < 1.29 is 5.48 Å². The lowest BCUT2D eigenvalue weighted by Gasteiger charge is -2.26. The zero-order valence-electron chi connectivity index (χ0n) is 10.3. The molecule has 0 aromatic heterocycles. The Bertz CT molecular complexity index is 220. The smallest absolute Gasteiger partial charge is 0.193 e. The molecular weight excluding hydrogens is 251 g/mol. The molecule has 0 amide bonds. The lowest BCUT2D eigenvalue weighted by molar-refractivity contribution is 0.310. The summed E-state index contributed by atoms with van der Waals surface area (Å²) in [5, 5.41) is 7.71. The zero-order valence-corrected chi connectivity index (χ0v) is 11.9. The molecule has 5 nitrogen and oxygen atoms in total. The first-order chi connectivity index (χ1) is 5.81. The van der Waals surface area contributed by atoms with E-state index in [0.29, 0.717) is 12.0 Å². The molecule has 0 aromatic rings. The van der Waals surface area contributed by atoms with Crippen LogP contribution in [0.5, 0.6) is 0 Å². The van der Waals surface area contributed by atoms with Crippen molar-refractivity contribution in [1.29, 1.82) is 5.41 Å². The summed E-state index contributed by atoms with van der Waals surface area (Å²) in [7, 11) is 3.91. The van der Waals surface area contributed by atoms with Crippen LogP contribution in [-0.2, 0) is 0 Å². The van der Waals surface area contributed by atoms with Crippen LogP contribution in [0, 0.1) is 5.41 Å². The Labute approximate surface area is 110 Å². The van der Waals surface area contributed by atoms with Gasteiger partial charge in [-0.1, -0.05) is 0 Å². The zero-order chi connectivity index (χ0) is 10.2. The average Bonchev–Trinajstić information content (AvgIpc) is 2.15. The summed E-state index contributed by atoms with van der Waals surface area (Å²) >= 11 is 0. The second-order valence-corrected chi connectivity index (χ2v) is 4.66. The summed E-state index contributed by atoms with van der Waals surface area (Å²) < 4.78 is 0. The largest absolute Gasteiger partial charge is 0.412 e. The first-order valence-electron chi connectivity index (χ1n) is 4.62. The number of guanidine groups is 1. The highest BCUT2D eigenvalue weighted by molar-refractivity contribution is 5.85. The van der Waals surface area contributed by atoms with Crippen LogP contribution in [-0.4, -0.2) is 53.5 Å². The van der Waals surface area contributed by atoms with Crippen molar-refractivity contribution in [2.24, 2.45) is 5.73 Å². The third-order valence-electron chi connectivity index (χ3n) is 2.49. The Kier molecular flexibility index (Phi) is 9.45. The second kappa shape index (κ2) is 7.17. The van der Waals surface area contributed by atoms with Gasteiger partial charge in [0, 0.05) is 26.2 Å². The Morgan fingerprint density at radius 1 is 1.38 bits per heavy atom. The van der Waals surface area contributed by atoms with E-state index in [2.05, 4.69) is 0 Å². The van der Waals surface area contributed by atoms with Crippen LogP contribution in [0.1, 0.15) is 20.3 Å². The molecule has 0 bridgehead atoms. The monoisotopic (exact) mass is 274 g/mol. The van der Waals surface area contributed by atoms with Gasteiger partial charge in [0.1, 0.15) is 0 Å². The molecule has 1 rings (SSSR count). The average molecular weight is 275 g/mol. The molecule has 16 heavy (non-hydrogen) atoms. The quantitative estimate of drug-likeness (QED) is 0.760. The molecule has 100 valence electrons. The first-order valence-corrected chi connectivity index (χ1v) is 4.62. The molecule has 1 unspecified atom stereocenters. The van der Waals surface area contributed by atoms with Crippen LogP contribution in [0.25, 0.3) is 0 Å². The Balaban J connectivity index is -0.000000563. The van der Waals surface area contributed by atoms with Crippen molar-refractivity contribution in [3.05, 3.63) is 0 Å². The maximum Gasteiger partial charge on any atom is 0.193 e. The Morgan fingerprint density at radius 3 is 2.06 bits per heavy atom. The molecule has 0 radical (unpaired) electrons. The second-order valence-electron chi connectivity index (χ2n) is 4.66. The van der Waals surface area contributed by atoms with E-state index in [-0.39, 0.29) is 35.8 Å². The van der Waals surface area contributed by atoms with Gasteiger partial charge in [-0.3, -0.25) is 5.41 Å². The third kappa shape index (κ3) is 5.21. The maximum atomic E-state index is 7.71. The lowest BCUT2D eigenvalue weighted by atomic mass is 9.96.